The molecule has 1 aromatic heterocycles. The molecule has 1 aromatic carbocycles. The lowest BCUT2D eigenvalue weighted by atomic mass is 9.99. The molecule has 9 nitrogen and oxygen atoms in total. The summed E-state index contributed by atoms with van der Waals surface area (Å²) in [5.41, 5.74) is 0.399. The van der Waals surface area contributed by atoms with Crippen molar-refractivity contribution in [1.29, 1.82) is 0 Å². The number of nitrogens with zero attached hydrogens (tertiary/aromatic N) is 3. The number of carbonyl (C=O) groups is 3. The van der Waals surface area contributed by atoms with Crippen LogP contribution in [0.15, 0.2) is 30.6 Å². The van der Waals surface area contributed by atoms with Crippen molar-refractivity contribution in [3.8, 4) is 17.6 Å². The van der Waals surface area contributed by atoms with E-state index in [0.717, 1.165) is 5.56 Å². The van der Waals surface area contributed by atoms with Crippen LogP contribution in [-0.4, -0.2) is 51.7 Å². The molecule has 1 fully saturated rings. The maximum Gasteiger partial charge on any atom is 0.323 e. The molecule has 9 heteroatoms. The van der Waals surface area contributed by atoms with Crippen molar-refractivity contribution in [1.82, 2.24) is 25.3 Å². The van der Waals surface area contributed by atoms with E-state index in [1.807, 2.05) is 6.07 Å². The summed E-state index contributed by atoms with van der Waals surface area (Å²) in [7, 11) is 3.28. The number of fused-ring (bicyclic) bond motifs is 1. The first kappa shape index (κ1) is 17.6. The largest absolute Gasteiger partial charge is 0.497 e. The van der Waals surface area contributed by atoms with Crippen LogP contribution in [0.5, 0.6) is 5.75 Å². The summed E-state index contributed by atoms with van der Waals surface area (Å²) < 4.78 is 6.76. The van der Waals surface area contributed by atoms with Crippen LogP contribution >= 0.6 is 0 Å². The predicted molar refractivity (Wildman–Crippen MR) is 97.2 cm³/mol. The molecule has 3 heterocycles. The van der Waals surface area contributed by atoms with E-state index in [-0.39, 0.29) is 12.5 Å². The third-order valence-corrected chi connectivity index (χ3v) is 4.69. The molecule has 0 bridgehead atoms. The Labute approximate surface area is 160 Å². The molecule has 1 atom stereocenters. The van der Waals surface area contributed by atoms with Crippen LogP contribution in [0.25, 0.3) is 0 Å². The van der Waals surface area contributed by atoms with Crippen molar-refractivity contribution in [2.75, 3.05) is 13.7 Å². The zero-order chi connectivity index (χ0) is 19.9. The Kier molecular flexibility index (Phi) is 4.04. The third kappa shape index (κ3) is 2.95. The van der Waals surface area contributed by atoms with Crippen LogP contribution in [0, 0.1) is 11.8 Å². The molecule has 0 unspecified atom stereocenters. The number of nitrogens with one attached hydrogen (secondary N) is 2. The molecular weight excluding hydrogens is 362 g/mol. The van der Waals surface area contributed by atoms with Gasteiger partial charge >= 0.3 is 6.03 Å². The maximum absolute atomic E-state index is 12.8. The van der Waals surface area contributed by atoms with Gasteiger partial charge in [-0.2, -0.15) is 5.10 Å². The van der Waals surface area contributed by atoms with Gasteiger partial charge in [0.1, 0.15) is 5.75 Å². The van der Waals surface area contributed by atoms with E-state index in [2.05, 4.69) is 27.6 Å². The highest BCUT2D eigenvalue weighted by Gasteiger charge is 2.48. The Hall–Kier alpha value is -3.80. The summed E-state index contributed by atoms with van der Waals surface area (Å²) >= 11 is 0. The van der Waals surface area contributed by atoms with E-state index < -0.39 is 17.5 Å². The number of amides is 4. The minimum Gasteiger partial charge on any atom is -0.497 e. The van der Waals surface area contributed by atoms with Gasteiger partial charge in [0.05, 0.1) is 25.4 Å². The van der Waals surface area contributed by atoms with Gasteiger partial charge in [-0.15, -0.1) is 0 Å². The third-order valence-electron chi connectivity index (χ3n) is 4.69. The number of methoxy groups -OCH3 is 1. The molecular formula is C19H17N5O4. The van der Waals surface area contributed by atoms with E-state index in [1.165, 1.54) is 12.0 Å². The number of urea groups is 1. The SMILES string of the molecule is COc1ccc2c(c1)C(=O)N(C[C@@]1(C#Cc3cnn(C)c3)NC(=O)NC1=O)C2. The Bertz CT molecular complexity index is 1060. The molecule has 4 amide bonds. The minimum absolute atomic E-state index is 0.0757. The van der Waals surface area contributed by atoms with Crippen LogP contribution < -0.4 is 15.4 Å². The van der Waals surface area contributed by atoms with E-state index in [9.17, 15) is 14.4 Å². The highest BCUT2D eigenvalue weighted by Crippen LogP contribution is 2.28. The molecule has 0 spiro atoms. The van der Waals surface area contributed by atoms with Crippen molar-refractivity contribution >= 4 is 17.8 Å². The summed E-state index contributed by atoms with van der Waals surface area (Å²) in [6.07, 6.45) is 3.25. The zero-order valence-corrected chi connectivity index (χ0v) is 15.3. The van der Waals surface area contributed by atoms with Gasteiger partial charge in [0.15, 0.2) is 0 Å². The average molecular weight is 379 g/mol. The first-order valence-electron chi connectivity index (χ1n) is 8.52. The molecule has 0 aliphatic carbocycles. The van der Waals surface area contributed by atoms with Crippen LogP contribution in [0.2, 0.25) is 0 Å². The van der Waals surface area contributed by atoms with Gasteiger partial charge in [-0.05, 0) is 17.7 Å². The van der Waals surface area contributed by atoms with Crippen molar-refractivity contribution in [3.63, 3.8) is 0 Å². The number of aromatic nitrogens is 2. The molecule has 28 heavy (non-hydrogen) atoms. The Morgan fingerprint density at radius 2 is 2.14 bits per heavy atom. The van der Waals surface area contributed by atoms with E-state index in [0.29, 0.717) is 23.4 Å². The van der Waals surface area contributed by atoms with Crippen LogP contribution in [0.4, 0.5) is 4.79 Å². The second-order valence-electron chi connectivity index (χ2n) is 6.65. The predicted octanol–water partition coefficient (Wildman–Crippen LogP) is 0.0144. The van der Waals surface area contributed by atoms with Gasteiger partial charge in [0, 0.05) is 25.4 Å². The Morgan fingerprint density at radius 3 is 2.79 bits per heavy atom. The first-order valence-corrected chi connectivity index (χ1v) is 8.52. The molecule has 2 N–H and O–H groups in total. The molecule has 2 aliphatic rings. The van der Waals surface area contributed by atoms with E-state index in [1.54, 1.807) is 36.3 Å². The summed E-state index contributed by atoms with van der Waals surface area (Å²) in [4.78, 5) is 38.6. The molecule has 2 aliphatic heterocycles. The van der Waals surface area contributed by atoms with Gasteiger partial charge in [-0.3, -0.25) is 19.6 Å². The molecule has 1 saturated heterocycles. The lowest BCUT2D eigenvalue weighted by Crippen LogP contribution is -2.54. The number of hydrogen-bond donors (Lipinski definition) is 2. The summed E-state index contributed by atoms with van der Waals surface area (Å²) in [5, 5.41) is 8.81. The molecule has 142 valence electrons. The number of benzene rings is 1. The number of hydrogen-bond acceptors (Lipinski definition) is 5. The van der Waals surface area contributed by atoms with Gasteiger partial charge < -0.3 is 15.0 Å². The average Bonchev–Trinajstić information content (AvgIpc) is 3.30. The van der Waals surface area contributed by atoms with E-state index >= 15 is 0 Å². The second-order valence-corrected chi connectivity index (χ2v) is 6.65. The molecule has 0 saturated carbocycles. The fourth-order valence-corrected chi connectivity index (χ4v) is 3.28. The number of rotatable bonds is 3. The monoisotopic (exact) mass is 379 g/mol. The highest BCUT2D eigenvalue weighted by molar-refractivity contribution is 6.10. The summed E-state index contributed by atoms with van der Waals surface area (Å²) in [6, 6.07) is 4.61. The lowest BCUT2D eigenvalue weighted by Gasteiger charge is -2.26. The summed E-state index contributed by atoms with van der Waals surface area (Å²) in [5.74, 6) is 5.44. The maximum atomic E-state index is 12.8. The van der Waals surface area contributed by atoms with Crippen molar-refractivity contribution in [2.45, 2.75) is 12.1 Å². The first-order chi connectivity index (χ1) is 13.4. The number of ether oxygens (including phenoxy) is 1. The van der Waals surface area contributed by atoms with Gasteiger partial charge in [-0.1, -0.05) is 17.9 Å². The van der Waals surface area contributed by atoms with Crippen molar-refractivity contribution in [3.05, 3.63) is 47.3 Å². The number of carbonyl (C=O) groups excluding carboxylic acids is 3. The second kappa shape index (κ2) is 6.42. The van der Waals surface area contributed by atoms with Crippen LogP contribution in [0.3, 0.4) is 0 Å². The Morgan fingerprint density at radius 1 is 1.32 bits per heavy atom. The standard InChI is InChI=1S/C19H17N5O4/c1-23-9-12(8-20-23)5-6-19(17(26)21-18(27)22-19)11-24-10-13-3-4-14(28-2)7-15(13)16(24)25/h3-4,7-9H,10-11H2,1-2H3,(H2,21,22,26,27)/t19-/m1/s1. The van der Waals surface area contributed by atoms with Crippen LogP contribution in [-0.2, 0) is 18.4 Å². The molecule has 4 rings (SSSR count). The molecule has 2 aromatic rings. The quantitative estimate of drug-likeness (QED) is 0.578. The minimum atomic E-state index is -1.53. The lowest BCUT2D eigenvalue weighted by molar-refractivity contribution is -0.122. The zero-order valence-electron chi connectivity index (χ0n) is 15.3. The van der Waals surface area contributed by atoms with Gasteiger partial charge in [0.25, 0.3) is 11.8 Å². The summed E-state index contributed by atoms with van der Waals surface area (Å²) in [6.45, 7) is 0.241. The smallest absolute Gasteiger partial charge is 0.323 e. The Balaban J connectivity index is 1.64. The number of imide groups is 1. The highest BCUT2D eigenvalue weighted by atomic mass is 16.5. The fraction of sp³-hybridized carbons (Fsp3) is 0.263. The topological polar surface area (TPSA) is 106 Å². The van der Waals surface area contributed by atoms with E-state index in [4.69, 9.17) is 4.74 Å². The number of aryl methyl sites for hydroxylation is 1. The van der Waals surface area contributed by atoms with Gasteiger partial charge in [0.2, 0.25) is 5.54 Å². The fourth-order valence-electron chi connectivity index (χ4n) is 3.28. The van der Waals surface area contributed by atoms with Gasteiger partial charge in [-0.25, -0.2) is 4.79 Å². The van der Waals surface area contributed by atoms with Crippen LogP contribution in [0.1, 0.15) is 21.5 Å². The van der Waals surface area contributed by atoms with Crippen molar-refractivity contribution < 1.29 is 19.1 Å². The van der Waals surface area contributed by atoms with Crippen molar-refractivity contribution in [2.24, 2.45) is 7.05 Å². The molecule has 0 radical (unpaired) electrons. The normalized spacial score (nSPS) is 20.4.